The predicted octanol–water partition coefficient (Wildman–Crippen LogP) is 3.65. The first kappa shape index (κ1) is 18.6. The van der Waals surface area contributed by atoms with E-state index >= 15 is 0 Å². The number of benzene rings is 2. The number of hydrogen-bond donors (Lipinski definition) is 2. The number of nitrogens with one attached hydrogen (secondary N) is 1. The van der Waals surface area contributed by atoms with E-state index in [0.29, 0.717) is 18.0 Å². The molecule has 0 spiro atoms. The minimum Gasteiger partial charge on any atom is -0.468 e. The van der Waals surface area contributed by atoms with Gasteiger partial charge in [0.05, 0.1) is 12.1 Å². The number of hydrogen-bond acceptors (Lipinski definition) is 5. The fourth-order valence-corrected chi connectivity index (χ4v) is 3.60. The Bertz CT molecular complexity index is 672. The molecule has 0 saturated carbocycles. The summed E-state index contributed by atoms with van der Waals surface area (Å²) in [6.07, 6.45) is 0.537. The number of rotatable bonds is 7. The monoisotopic (exact) mass is 364 g/mol. The van der Waals surface area contributed by atoms with Gasteiger partial charge >= 0.3 is 5.97 Å². The molecule has 2 aromatic carbocycles. The molecule has 0 aromatic heterocycles. The zero-order chi connectivity index (χ0) is 17.5. The molecule has 0 fully saturated rings. The summed E-state index contributed by atoms with van der Waals surface area (Å²) < 4.78 is 4.90. The lowest BCUT2D eigenvalue weighted by atomic mass is 10.1. The second kappa shape index (κ2) is 8.97. The Morgan fingerprint density at radius 3 is 2.62 bits per heavy atom. The first-order valence-electron chi connectivity index (χ1n) is 7.55. The first-order valence-corrected chi connectivity index (χ1v) is 8.91. The van der Waals surface area contributed by atoms with Gasteiger partial charge in [0.1, 0.15) is 6.04 Å². The van der Waals surface area contributed by atoms with Crippen molar-refractivity contribution in [3.05, 3.63) is 58.6 Å². The van der Waals surface area contributed by atoms with E-state index in [0.717, 1.165) is 21.0 Å². The maximum absolute atomic E-state index is 12.0. The highest BCUT2D eigenvalue weighted by atomic mass is 35.5. The number of carbonyl (C=O) groups excluding carboxylic acids is 1. The summed E-state index contributed by atoms with van der Waals surface area (Å²) in [5.74, 6) is 0.266. The maximum atomic E-state index is 12.0. The third-order valence-corrected chi connectivity index (χ3v) is 5.18. The molecule has 0 saturated heterocycles. The van der Waals surface area contributed by atoms with Crippen molar-refractivity contribution in [3.63, 3.8) is 0 Å². The normalized spacial score (nSPS) is 12.0. The Labute approximate surface area is 151 Å². The van der Waals surface area contributed by atoms with E-state index in [1.165, 1.54) is 7.11 Å². The van der Waals surface area contributed by atoms with Crippen LogP contribution in [-0.4, -0.2) is 25.0 Å². The molecule has 0 aliphatic rings. The van der Waals surface area contributed by atoms with Gasteiger partial charge in [0, 0.05) is 16.5 Å². The van der Waals surface area contributed by atoms with Gasteiger partial charge in [0.2, 0.25) is 0 Å². The van der Waals surface area contributed by atoms with E-state index in [2.05, 4.69) is 5.32 Å². The number of halogens is 1. The molecule has 0 aliphatic heterocycles. The van der Waals surface area contributed by atoms with Crippen LogP contribution in [0.25, 0.3) is 0 Å². The van der Waals surface area contributed by atoms with Crippen molar-refractivity contribution >= 4 is 35.0 Å². The van der Waals surface area contributed by atoms with E-state index in [9.17, 15) is 4.79 Å². The van der Waals surface area contributed by atoms with Crippen molar-refractivity contribution < 1.29 is 9.53 Å². The van der Waals surface area contributed by atoms with Crippen LogP contribution < -0.4 is 11.1 Å². The molecule has 24 heavy (non-hydrogen) atoms. The molecule has 0 radical (unpaired) electrons. The summed E-state index contributed by atoms with van der Waals surface area (Å²) in [6.45, 7) is 2.01. The molecule has 2 aromatic rings. The molecule has 2 rings (SSSR count). The number of carbonyl (C=O) groups is 1. The zero-order valence-electron chi connectivity index (χ0n) is 13.7. The van der Waals surface area contributed by atoms with Crippen molar-refractivity contribution in [2.75, 3.05) is 18.7 Å². The molecule has 3 N–H and O–H groups in total. The average Bonchev–Trinajstić information content (AvgIpc) is 2.57. The SMILES string of the molecule is COC(=O)[C@H](Cc1ccc(N)cc1)NCSc1c(C)cccc1Cl. The predicted molar refractivity (Wildman–Crippen MR) is 100 cm³/mol. The third kappa shape index (κ3) is 5.16. The topological polar surface area (TPSA) is 64.3 Å². The van der Waals surface area contributed by atoms with E-state index in [-0.39, 0.29) is 5.97 Å². The summed E-state index contributed by atoms with van der Waals surface area (Å²) in [5.41, 5.74) is 8.53. The number of methoxy groups -OCH3 is 1. The number of anilines is 1. The number of ether oxygens (including phenoxy) is 1. The van der Waals surface area contributed by atoms with Crippen LogP contribution >= 0.6 is 23.4 Å². The largest absolute Gasteiger partial charge is 0.468 e. The second-order valence-corrected chi connectivity index (χ2v) is 6.79. The van der Waals surface area contributed by atoms with Crippen LogP contribution in [0.1, 0.15) is 11.1 Å². The lowest BCUT2D eigenvalue weighted by Crippen LogP contribution is -2.39. The van der Waals surface area contributed by atoms with Gasteiger partial charge in [-0.2, -0.15) is 0 Å². The Balaban J connectivity index is 1.99. The first-order chi connectivity index (χ1) is 11.5. The molecular weight excluding hydrogens is 344 g/mol. The highest BCUT2D eigenvalue weighted by molar-refractivity contribution is 7.99. The van der Waals surface area contributed by atoms with Crippen molar-refractivity contribution in [2.24, 2.45) is 0 Å². The second-order valence-electron chi connectivity index (χ2n) is 5.40. The molecule has 128 valence electrons. The van der Waals surface area contributed by atoms with Gasteiger partial charge in [0.15, 0.2) is 0 Å². The van der Waals surface area contributed by atoms with E-state index in [1.54, 1.807) is 11.8 Å². The molecule has 6 heteroatoms. The molecule has 4 nitrogen and oxygen atoms in total. The van der Waals surface area contributed by atoms with Gasteiger partial charge < -0.3 is 10.5 Å². The molecule has 1 atom stereocenters. The van der Waals surface area contributed by atoms with Crippen LogP contribution in [0.15, 0.2) is 47.4 Å². The maximum Gasteiger partial charge on any atom is 0.323 e. The molecule has 0 aliphatic carbocycles. The molecule has 0 bridgehead atoms. The third-order valence-electron chi connectivity index (χ3n) is 3.62. The number of thioether (sulfide) groups is 1. The highest BCUT2D eigenvalue weighted by Gasteiger charge is 2.19. The lowest BCUT2D eigenvalue weighted by Gasteiger charge is -2.17. The summed E-state index contributed by atoms with van der Waals surface area (Å²) in [4.78, 5) is 13.0. The van der Waals surface area contributed by atoms with E-state index in [1.807, 2.05) is 49.4 Å². The van der Waals surface area contributed by atoms with Gasteiger partial charge in [-0.1, -0.05) is 35.9 Å². The number of esters is 1. The van der Waals surface area contributed by atoms with Crippen molar-refractivity contribution in [3.8, 4) is 0 Å². The molecule has 0 amide bonds. The minimum absolute atomic E-state index is 0.289. The van der Waals surface area contributed by atoms with Crippen LogP contribution in [0.2, 0.25) is 5.02 Å². The van der Waals surface area contributed by atoms with Gasteiger partial charge in [-0.05, 0) is 42.7 Å². The van der Waals surface area contributed by atoms with Gasteiger partial charge in [-0.15, -0.1) is 11.8 Å². The summed E-state index contributed by atoms with van der Waals surface area (Å²) in [5, 5.41) is 3.95. The minimum atomic E-state index is -0.422. The van der Waals surface area contributed by atoms with Crippen LogP contribution in [0, 0.1) is 6.92 Å². The van der Waals surface area contributed by atoms with Crippen LogP contribution in [0.5, 0.6) is 0 Å². The molecular formula is C18H21ClN2O2S. The van der Waals surface area contributed by atoms with Crippen molar-refractivity contribution in [1.82, 2.24) is 5.32 Å². The van der Waals surface area contributed by atoms with Crippen LogP contribution in [0.4, 0.5) is 5.69 Å². The fourth-order valence-electron chi connectivity index (χ4n) is 2.28. The van der Waals surface area contributed by atoms with Gasteiger partial charge in [-0.25, -0.2) is 0 Å². The quantitative estimate of drug-likeness (QED) is 0.340. The molecule has 0 heterocycles. The lowest BCUT2D eigenvalue weighted by molar-refractivity contribution is -0.143. The Hall–Kier alpha value is -1.69. The van der Waals surface area contributed by atoms with Gasteiger partial charge in [0.25, 0.3) is 0 Å². The van der Waals surface area contributed by atoms with E-state index < -0.39 is 6.04 Å². The fraction of sp³-hybridized carbons (Fsp3) is 0.278. The Kier molecular flexibility index (Phi) is 6.97. The highest BCUT2D eigenvalue weighted by Crippen LogP contribution is 2.29. The average molecular weight is 365 g/mol. The Morgan fingerprint density at radius 1 is 1.29 bits per heavy atom. The number of aryl methyl sites for hydroxylation is 1. The van der Waals surface area contributed by atoms with Gasteiger partial charge in [-0.3, -0.25) is 10.1 Å². The van der Waals surface area contributed by atoms with Crippen LogP contribution in [0.3, 0.4) is 0 Å². The summed E-state index contributed by atoms with van der Waals surface area (Å²) >= 11 is 7.80. The van der Waals surface area contributed by atoms with Crippen molar-refractivity contribution in [2.45, 2.75) is 24.3 Å². The number of nitrogens with two attached hydrogens (primary N) is 1. The summed E-state index contributed by atoms with van der Waals surface area (Å²) in [6, 6.07) is 12.9. The van der Waals surface area contributed by atoms with E-state index in [4.69, 9.17) is 22.1 Å². The van der Waals surface area contributed by atoms with Crippen molar-refractivity contribution in [1.29, 1.82) is 0 Å². The molecule has 0 unspecified atom stereocenters. The standard InChI is InChI=1S/C18H21ClN2O2S/c1-12-4-3-5-15(19)17(12)24-11-21-16(18(22)23-2)10-13-6-8-14(20)9-7-13/h3-9,16,21H,10-11,20H2,1-2H3/t16-/m0/s1. The summed E-state index contributed by atoms with van der Waals surface area (Å²) in [7, 11) is 1.39. The zero-order valence-corrected chi connectivity index (χ0v) is 15.3. The number of nitrogen functional groups attached to an aromatic ring is 1. The van der Waals surface area contributed by atoms with Crippen LogP contribution in [-0.2, 0) is 16.0 Å². The smallest absolute Gasteiger partial charge is 0.323 e. The Morgan fingerprint density at radius 2 is 2.00 bits per heavy atom.